The van der Waals surface area contributed by atoms with Crippen molar-refractivity contribution in [1.82, 2.24) is 14.9 Å². The number of nitrogens with one attached hydrogen (secondary N) is 2. The third-order valence-electron chi connectivity index (χ3n) is 4.76. The fourth-order valence-corrected chi connectivity index (χ4v) is 3.36. The summed E-state index contributed by atoms with van der Waals surface area (Å²) in [6.45, 7) is 4.41. The quantitative estimate of drug-likeness (QED) is 0.587. The Kier molecular flexibility index (Phi) is 5.66. The first-order valence-corrected chi connectivity index (χ1v) is 9.73. The van der Waals surface area contributed by atoms with E-state index in [1.165, 1.54) is 4.57 Å². The number of carbonyl (C=O) groups is 1. The smallest absolute Gasteiger partial charge is 0.261 e. The van der Waals surface area contributed by atoms with Crippen molar-refractivity contribution in [2.24, 2.45) is 7.05 Å². The standard InChI is InChI=1S/C20H19Cl2N3O2S/c1-20(2,12-5-7-14(21)15(22)9-12)10-23-17(26)11-4-6-13-16(8-11)24-19(28)25(3)18(13)27/h4-9H,10H2,1-3H3,(H,23,26)(H,24,28). The van der Waals surface area contributed by atoms with Crippen molar-refractivity contribution >= 4 is 52.2 Å². The highest BCUT2D eigenvalue weighted by molar-refractivity contribution is 7.71. The molecule has 0 spiro atoms. The molecule has 1 aromatic heterocycles. The van der Waals surface area contributed by atoms with Crippen LogP contribution in [0.15, 0.2) is 41.2 Å². The second-order valence-electron chi connectivity index (χ2n) is 7.25. The van der Waals surface area contributed by atoms with Crippen LogP contribution in [0, 0.1) is 4.77 Å². The Bertz CT molecular complexity index is 1200. The summed E-state index contributed by atoms with van der Waals surface area (Å²) in [5, 5.41) is 4.38. The molecule has 0 aliphatic rings. The number of carbonyl (C=O) groups excluding carboxylic acids is 1. The van der Waals surface area contributed by atoms with Gasteiger partial charge in [0.25, 0.3) is 11.5 Å². The number of hydrogen-bond donors (Lipinski definition) is 2. The average Bonchev–Trinajstić information content (AvgIpc) is 2.66. The van der Waals surface area contributed by atoms with E-state index in [2.05, 4.69) is 10.3 Å². The van der Waals surface area contributed by atoms with Gasteiger partial charge in [0.05, 0.1) is 20.9 Å². The van der Waals surface area contributed by atoms with E-state index in [4.69, 9.17) is 35.4 Å². The van der Waals surface area contributed by atoms with Gasteiger partial charge in [-0.05, 0) is 48.1 Å². The van der Waals surface area contributed by atoms with Gasteiger partial charge >= 0.3 is 0 Å². The molecule has 8 heteroatoms. The van der Waals surface area contributed by atoms with Crippen LogP contribution in [-0.2, 0) is 12.5 Å². The molecule has 0 aliphatic heterocycles. The minimum absolute atomic E-state index is 0.202. The molecule has 0 bridgehead atoms. The number of hydrogen-bond acceptors (Lipinski definition) is 3. The van der Waals surface area contributed by atoms with E-state index in [0.29, 0.717) is 37.8 Å². The highest BCUT2D eigenvalue weighted by atomic mass is 35.5. The lowest BCUT2D eigenvalue weighted by molar-refractivity contribution is 0.0946. The molecule has 3 rings (SSSR count). The highest BCUT2D eigenvalue weighted by Crippen LogP contribution is 2.29. The molecule has 146 valence electrons. The van der Waals surface area contributed by atoms with Gasteiger partial charge in [-0.3, -0.25) is 14.2 Å². The van der Waals surface area contributed by atoms with Crippen LogP contribution in [0.1, 0.15) is 29.8 Å². The first-order chi connectivity index (χ1) is 13.1. The van der Waals surface area contributed by atoms with Crippen molar-refractivity contribution in [2.45, 2.75) is 19.3 Å². The minimum Gasteiger partial charge on any atom is -0.351 e. The molecule has 5 nitrogen and oxygen atoms in total. The molecular formula is C20H19Cl2N3O2S. The molecule has 0 unspecified atom stereocenters. The minimum atomic E-state index is -0.351. The zero-order valence-corrected chi connectivity index (χ0v) is 17.9. The summed E-state index contributed by atoms with van der Waals surface area (Å²) in [6.07, 6.45) is 0. The van der Waals surface area contributed by atoms with Gasteiger partial charge in [0.15, 0.2) is 4.77 Å². The Morgan fingerprint density at radius 2 is 1.89 bits per heavy atom. The van der Waals surface area contributed by atoms with Gasteiger partial charge in [-0.1, -0.05) is 43.1 Å². The van der Waals surface area contributed by atoms with Crippen LogP contribution in [0.25, 0.3) is 10.9 Å². The van der Waals surface area contributed by atoms with Crippen LogP contribution in [-0.4, -0.2) is 22.0 Å². The predicted octanol–water partition coefficient (Wildman–Crippen LogP) is 4.61. The van der Waals surface area contributed by atoms with Crippen molar-refractivity contribution in [2.75, 3.05) is 6.54 Å². The largest absolute Gasteiger partial charge is 0.351 e. The van der Waals surface area contributed by atoms with E-state index in [-0.39, 0.29) is 16.9 Å². The Morgan fingerprint density at radius 3 is 2.57 bits per heavy atom. The Morgan fingerprint density at radius 1 is 1.18 bits per heavy atom. The van der Waals surface area contributed by atoms with Crippen molar-refractivity contribution < 1.29 is 4.79 Å². The number of fused-ring (bicyclic) bond motifs is 1. The normalized spacial score (nSPS) is 11.6. The fourth-order valence-electron chi connectivity index (χ4n) is 2.87. The molecule has 2 N–H and O–H groups in total. The SMILES string of the molecule is Cn1c(=S)[nH]c2cc(C(=O)NCC(C)(C)c3ccc(Cl)c(Cl)c3)ccc2c1=O. The number of nitrogens with zero attached hydrogens (tertiary/aromatic N) is 1. The number of halogens is 2. The van der Waals surface area contributed by atoms with Crippen LogP contribution in [0.5, 0.6) is 0 Å². The summed E-state index contributed by atoms with van der Waals surface area (Å²) in [6, 6.07) is 10.3. The molecule has 0 radical (unpaired) electrons. The van der Waals surface area contributed by atoms with Gasteiger partial charge in [0.1, 0.15) is 0 Å². The summed E-state index contributed by atoms with van der Waals surface area (Å²) in [7, 11) is 1.60. The van der Waals surface area contributed by atoms with Crippen LogP contribution in [0.3, 0.4) is 0 Å². The summed E-state index contributed by atoms with van der Waals surface area (Å²) in [5.41, 5.74) is 1.39. The molecule has 0 saturated carbocycles. The van der Waals surface area contributed by atoms with Gasteiger partial charge < -0.3 is 10.3 Å². The van der Waals surface area contributed by atoms with E-state index in [0.717, 1.165) is 5.56 Å². The van der Waals surface area contributed by atoms with E-state index in [1.54, 1.807) is 31.3 Å². The lowest BCUT2D eigenvalue weighted by Gasteiger charge is -2.26. The molecule has 0 aliphatic carbocycles. The number of rotatable bonds is 4. The predicted molar refractivity (Wildman–Crippen MR) is 116 cm³/mol. The molecule has 0 saturated heterocycles. The Labute approximate surface area is 177 Å². The maximum atomic E-state index is 12.6. The van der Waals surface area contributed by atoms with Crippen molar-refractivity contribution in [3.8, 4) is 0 Å². The summed E-state index contributed by atoms with van der Waals surface area (Å²) in [5.74, 6) is -0.241. The molecule has 1 heterocycles. The molecule has 3 aromatic rings. The van der Waals surface area contributed by atoms with Crippen LogP contribution >= 0.6 is 35.4 Å². The maximum Gasteiger partial charge on any atom is 0.261 e. The topological polar surface area (TPSA) is 66.9 Å². The number of amides is 1. The zero-order valence-electron chi connectivity index (χ0n) is 15.6. The zero-order chi connectivity index (χ0) is 20.6. The third-order valence-corrected chi connectivity index (χ3v) is 5.87. The molecule has 0 fully saturated rings. The molecule has 28 heavy (non-hydrogen) atoms. The highest BCUT2D eigenvalue weighted by Gasteiger charge is 2.23. The molecule has 2 aromatic carbocycles. The third kappa shape index (κ3) is 3.99. The Hall–Kier alpha value is -2.15. The summed E-state index contributed by atoms with van der Waals surface area (Å²) in [4.78, 5) is 27.9. The number of aromatic amines is 1. The van der Waals surface area contributed by atoms with Crippen molar-refractivity contribution in [3.63, 3.8) is 0 Å². The Balaban J connectivity index is 1.82. The maximum absolute atomic E-state index is 12.6. The lowest BCUT2D eigenvalue weighted by Crippen LogP contribution is -2.36. The molecule has 1 amide bonds. The van der Waals surface area contributed by atoms with E-state index >= 15 is 0 Å². The van der Waals surface area contributed by atoms with E-state index < -0.39 is 0 Å². The van der Waals surface area contributed by atoms with E-state index in [1.807, 2.05) is 26.0 Å². The van der Waals surface area contributed by atoms with Crippen LogP contribution < -0.4 is 10.9 Å². The first kappa shape index (κ1) is 20.6. The number of H-pyrrole nitrogens is 1. The van der Waals surface area contributed by atoms with Crippen molar-refractivity contribution in [3.05, 3.63) is 72.7 Å². The second kappa shape index (κ2) is 7.70. The van der Waals surface area contributed by atoms with Gasteiger partial charge in [0.2, 0.25) is 0 Å². The molecular weight excluding hydrogens is 417 g/mol. The summed E-state index contributed by atoms with van der Waals surface area (Å²) < 4.78 is 1.66. The summed E-state index contributed by atoms with van der Waals surface area (Å²) >= 11 is 17.2. The number of aromatic nitrogens is 2. The van der Waals surface area contributed by atoms with Crippen molar-refractivity contribution in [1.29, 1.82) is 0 Å². The van der Waals surface area contributed by atoms with Crippen LogP contribution in [0.2, 0.25) is 10.0 Å². The first-order valence-electron chi connectivity index (χ1n) is 8.57. The van der Waals surface area contributed by atoms with E-state index in [9.17, 15) is 9.59 Å². The van der Waals surface area contributed by atoms with Gasteiger partial charge in [0, 0.05) is 24.6 Å². The van der Waals surface area contributed by atoms with Gasteiger partial charge in [-0.2, -0.15) is 0 Å². The van der Waals surface area contributed by atoms with Gasteiger partial charge in [-0.15, -0.1) is 0 Å². The van der Waals surface area contributed by atoms with Crippen LogP contribution in [0.4, 0.5) is 0 Å². The fraction of sp³-hybridized carbons (Fsp3) is 0.250. The monoisotopic (exact) mass is 435 g/mol. The second-order valence-corrected chi connectivity index (χ2v) is 8.45. The molecule has 0 atom stereocenters. The average molecular weight is 436 g/mol. The number of benzene rings is 2. The van der Waals surface area contributed by atoms with Gasteiger partial charge in [-0.25, -0.2) is 0 Å². The lowest BCUT2D eigenvalue weighted by atomic mass is 9.84.